The fourth-order valence-corrected chi connectivity index (χ4v) is 1.89. The molecule has 14 heavy (non-hydrogen) atoms. The standard InChI is InChI=1S/C8H11N3O3/c1-5(12)11-3-2-8(4-11)6(13)9-7(14)10-8/h2-4H2,1H3,(H2,9,10,13,14). The summed E-state index contributed by atoms with van der Waals surface area (Å²) in [4.78, 5) is 35.0. The first-order valence-electron chi connectivity index (χ1n) is 4.43. The summed E-state index contributed by atoms with van der Waals surface area (Å²) in [5.74, 6) is -0.401. The molecule has 2 fully saturated rings. The van der Waals surface area contributed by atoms with Crippen LogP contribution in [0.4, 0.5) is 4.79 Å². The van der Waals surface area contributed by atoms with Crippen molar-refractivity contribution in [2.75, 3.05) is 13.1 Å². The summed E-state index contributed by atoms with van der Waals surface area (Å²) in [5, 5.41) is 4.75. The molecule has 6 heteroatoms. The highest BCUT2D eigenvalue weighted by Crippen LogP contribution is 2.24. The van der Waals surface area contributed by atoms with Gasteiger partial charge in [-0.05, 0) is 6.42 Å². The van der Waals surface area contributed by atoms with Crippen LogP contribution in [0.2, 0.25) is 0 Å². The van der Waals surface area contributed by atoms with E-state index < -0.39 is 11.6 Å². The highest BCUT2D eigenvalue weighted by atomic mass is 16.2. The maximum absolute atomic E-state index is 11.4. The van der Waals surface area contributed by atoms with Crippen molar-refractivity contribution < 1.29 is 14.4 Å². The van der Waals surface area contributed by atoms with Crippen LogP contribution >= 0.6 is 0 Å². The third kappa shape index (κ3) is 1.14. The molecule has 0 saturated carbocycles. The van der Waals surface area contributed by atoms with Crippen molar-refractivity contribution >= 4 is 17.8 Å². The molecule has 1 unspecified atom stereocenters. The molecule has 0 aromatic rings. The van der Waals surface area contributed by atoms with Gasteiger partial charge in [0.1, 0.15) is 5.54 Å². The number of rotatable bonds is 0. The lowest BCUT2D eigenvalue weighted by atomic mass is 10.00. The Morgan fingerprint density at radius 1 is 1.50 bits per heavy atom. The van der Waals surface area contributed by atoms with E-state index in [1.807, 2.05) is 0 Å². The van der Waals surface area contributed by atoms with Crippen LogP contribution in [0.5, 0.6) is 0 Å². The van der Waals surface area contributed by atoms with Crippen LogP contribution in [0, 0.1) is 0 Å². The third-order valence-electron chi connectivity index (χ3n) is 2.73. The van der Waals surface area contributed by atoms with Gasteiger partial charge in [-0.1, -0.05) is 0 Å². The molecule has 2 N–H and O–H groups in total. The van der Waals surface area contributed by atoms with E-state index in [-0.39, 0.29) is 18.4 Å². The average Bonchev–Trinajstić information content (AvgIpc) is 2.59. The van der Waals surface area contributed by atoms with Crippen molar-refractivity contribution in [3.63, 3.8) is 0 Å². The van der Waals surface area contributed by atoms with Crippen LogP contribution in [0.1, 0.15) is 13.3 Å². The molecule has 76 valence electrons. The lowest BCUT2D eigenvalue weighted by Crippen LogP contribution is -2.49. The van der Waals surface area contributed by atoms with E-state index in [0.717, 1.165) is 0 Å². The average molecular weight is 197 g/mol. The van der Waals surface area contributed by atoms with E-state index in [9.17, 15) is 14.4 Å². The van der Waals surface area contributed by atoms with Gasteiger partial charge in [-0.15, -0.1) is 0 Å². The third-order valence-corrected chi connectivity index (χ3v) is 2.73. The molecular formula is C8H11N3O3. The number of imide groups is 1. The number of hydrogen-bond acceptors (Lipinski definition) is 3. The van der Waals surface area contributed by atoms with E-state index in [1.165, 1.54) is 6.92 Å². The van der Waals surface area contributed by atoms with Crippen LogP contribution in [0.25, 0.3) is 0 Å². The largest absolute Gasteiger partial charge is 0.340 e. The first-order valence-corrected chi connectivity index (χ1v) is 4.43. The number of likely N-dealkylation sites (tertiary alicyclic amines) is 1. The minimum Gasteiger partial charge on any atom is -0.340 e. The second-order valence-corrected chi connectivity index (χ2v) is 3.68. The Kier molecular flexibility index (Phi) is 1.73. The van der Waals surface area contributed by atoms with Crippen molar-refractivity contribution in [3.05, 3.63) is 0 Å². The number of nitrogens with zero attached hydrogens (tertiary/aromatic N) is 1. The summed E-state index contributed by atoms with van der Waals surface area (Å²) >= 11 is 0. The van der Waals surface area contributed by atoms with Crippen molar-refractivity contribution in [2.24, 2.45) is 0 Å². The fraction of sp³-hybridized carbons (Fsp3) is 0.625. The lowest BCUT2D eigenvalue weighted by molar-refractivity contribution is -0.128. The van der Waals surface area contributed by atoms with Gasteiger partial charge in [0.2, 0.25) is 5.91 Å². The Bertz CT molecular complexity index is 328. The summed E-state index contributed by atoms with van der Waals surface area (Å²) < 4.78 is 0. The molecule has 0 aliphatic carbocycles. The van der Waals surface area contributed by atoms with Gasteiger partial charge < -0.3 is 10.2 Å². The topological polar surface area (TPSA) is 78.5 Å². The number of carbonyl (C=O) groups excluding carboxylic acids is 3. The van der Waals surface area contributed by atoms with Crippen molar-refractivity contribution in [1.82, 2.24) is 15.5 Å². The Labute approximate surface area is 80.6 Å². The van der Waals surface area contributed by atoms with Crippen molar-refractivity contribution in [2.45, 2.75) is 18.9 Å². The molecule has 2 saturated heterocycles. The zero-order valence-electron chi connectivity index (χ0n) is 7.79. The molecule has 0 radical (unpaired) electrons. The summed E-state index contributed by atoms with van der Waals surface area (Å²) in [6.07, 6.45) is 0.490. The Balaban J connectivity index is 2.17. The normalized spacial score (nSPS) is 30.8. The molecule has 1 spiro atoms. The molecule has 4 amide bonds. The number of nitrogens with one attached hydrogen (secondary N) is 2. The Morgan fingerprint density at radius 2 is 2.21 bits per heavy atom. The number of amides is 4. The first-order chi connectivity index (χ1) is 6.53. The second kappa shape index (κ2) is 2.70. The van der Waals surface area contributed by atoms with Gasteiger partial charge >= 0.3 is 6.03 Å². The van der Waals surface area contributed by atoms with Gasteiger partial charge in [0, 0.05) is 13.5 Å². The monoisotopic (exact) mass is 197 g/mol. The highest BCUT2D eigenvalue weighted by molar-refractivity contribution is 6.07. The van der Waals surface area contributed by atoms with E-state index in [1.54, 1.807) is 4.90 Å². The minimum absolute atomic E-state index is 0.0733. The van der Waals surface area contributed by atoms with E-state index in [0.29, 0.717) is 13.0 Å². The van der Waals surface area contributed by atoms with Gasteiger partial charge in [0.05, 0.1) is 6.54 Å². The minimum atomic E-state index is -0.872. The molecule has 0 aromatic carbocycles. The fourth-order valence-electron chi connectivity index (χ4n) is 1.89. The van der Waals surface area contributed by atoms with Gasteiger partial charge in [-0.25, -0.2) is 4.79 Å². The van der Waals surface area contributed by atoms with Crippen molar-refractivity contribution in [3.8, 4) is 0 Å². The van der Waals surface area contributed by atoms with E-state index in [4.69, 9.17) is 0 Å². The van der Waals surface area contributed by atoms with Crippen LogP contribution < -0.4 is 10.6 Å². The highest BCUT2D eigenvalue weighted by Gasteiger charge is 2.51. The molecule has 1 atom stereocenters. The molecule has 2 aliphatic rings. The SMILES string of the molecule is CC(=O)N1CCC2(C1)NC(=O)NC2=O. The number of urea groups is 1. The van der Waals surface area contributed by atoms with Gasteiger partial charge in [-0.3, -0.25) is 14.9 Å². The summed E-state index contributed by atoms with van der Waals surface area (Å²) in [7, 11) is 0. The summed E-state index contributed by atoms with van der Waals surface area (Å²) in [6.45, 7) is 2.25. The van der Waals surface area contributed by atoms with Crippen LogP contribution in [-0.4, -0.2) is 41.4 Å². The lowest BCUT2D eigenvalue weighted by Gasteiger charge is -2.19. The van der Waals surface area contributed by atoms with Crippen LogP contribution in [0.15, 0.2) is 0 Å². The quantitative estimate of drug-likeness (QED) is 0.480. The van der Waals surface area contributed by atoms with Crippen LogP contribution in [-0.2, 0) is 9.59 Å². The molecule has 0 aromatic heterocycles. The van der Waals surface area contributed by atoms with E-state index >= 15 is 0 Å². The maximum atomic E-state index is 11.4. The second-order valence-electron chi connectivity index (χ2n) is 3.68. The smallest absolute Gasteiger partial charge is 0.322 e. The van der Waals surface area contributed by atoms with Crippen LogP contribution in [0.3, 0.4) is 0 Å². The summed E-state index contributed by atoms with van der Waals surface area (Å²) in [6, 6.07) is -0.472. The van der Waals surface area contributed by atoms with Crippen molar-refractivity contribution in [1.29, 1.82) is 0 Å². The molecule has 2 rings (SSSR count). The molecule has 2 heterocycles. The molecule has 6 nitrogen and oxygen atoms in total. The Hall–Kier alpha value is -1.59. The summed E-state index contributed by atoms with van der Waals surface area (Å²) in [5.41, 5.74) is -0.872. The maximum Gasteiger partial charge on any atom is 0.322 e. The number of hydrogen-bond donors (Lipinski definition) is 2. The van der Waals surface area contributed by atoms with Gasteiger partial charge in [0.25, 0.3) is 5.91 Å². The van der Waals surface area contributed by atoms with Gasteiger partial charge in [0.15, 0.2) is 0 Å². The zero-order valence-corrected chi connectivity index (χ0v) is 7.79. The van der Waals surface area contributed by atoms with Gasteiger partial charge in [-0.2, -0.15) is 0 Å². The zero-order chi connectivity index (χ0) is 10.3. The van der Waals surface area contributed by atoms with E-state index in [2.05, 4.69) is 10.6 Å². The predicted molar refractivity (Wildman–Crippen MR) is 46.3 cm³/mol. The number of carbonyl (C=O) groups is 3. The molecular weight excluding hydrogens is 186 g/mol. The first kappa shape index (κ1) is 8.98. The predicted octanol–water partition coefficient (Wildman–Crippen LogP) is -1.18. The molecule has 2 aliphatic heterocycles. The Morgan fingerprint density at radius 3 is 2.64 bits per heavy atom. The molecule has 0 bridgehead atoms.